The number of hydrogen-bond donors (Lipinski definition) is 2. The van der Waals surface area contributed by atoms with E-state index in [0.717, 1.165) is 67.2 Å². The molecular formula is C72H102N2O6. The second-order valence-corrected chi connectivity index (χ2v) is 22.9. The van der Waals surface area contributed by atoms with Crippen molar-refractivity contribution in [3.05, 3.63) is 144 Å². The van der Waals surface area contributed by atoms with E-state index >= 15 is 0 Å². The molecule has 2 aliphatic rings. The van der Waals surface area contributed by atoms with Gasteiger partial charge in [0.05, 0.1) is 0 Å². The largest absolute Gasteiger partial charge is 0.461 e. The molecule has 8 heteroatoms. The van der Waals surface area contributed by atoms with Crippen LogP contribution in [-0.4, -0.2) is 50.1 Å². The van der Waals surface area contributed by atoms with Crippen molar-refractivity contribution in [2.75, 3.05) is 19.8 Å². The Kier molecular flexibility index (Phi) is 30.9. The van der Waals surface area contributed by atoms with Crippen LogP contribution in [0.25, 0.3) is 22.3 Å². The lowest BCUT2D eigenvalue weighted by atomic mass is 9.98. The van der Waals surface area contributed by atoms with E-state index in [9.17, 15) is 14.4 Å². The van der Waals surface area contributed by atoms with Crippen LogP contribution in [0.4, 0.5) is 9.59 Å². The monoisotopic (exact) mass is 1090 g/mol. The molecule has 0 saturated carbocycles. The van der Waals surface area contributed by atoms with E-state index in [1.807, 2.05) is 48.5 Å². The fourth-order valence-electron chi connectivity index (χ4n) is 11.9. The third-order valence-corrected chi connectivity index (χ3v) is 16.6. The van der Waals surface area contributed by atoms with E-state index in [1.165, 1.54) is 164 Å². The Balaban J connectivity index is 0.986. The molecule has 0 saturated heterocycles. The minimum Gasteiger partial charge on any atom is -0.461 e. The minimum absolute atomic E-state index is 0.0217. The van der Waals surface area contributed by atoms with Crippen molar-refractivity contribution in [2.24, 2.45) is 0 Å². The predicted molar refractivity (Wildman–Crippen MR) is 332 cm³/mol. The summed E-state index contributed by atoms with van der Waals surface area (Å²) < 4.78 is 18.2. The highest BCUT2D eigenvalue weighted by molar-refractivity contribution is 5.82. The molecule has 0 aromatic heterocycles. The average Bonchev–Trinajstić information content (AvgIpc) is 4.04. The van der Waals surface area contributed by atoms with Gasteiger partial charge in [-0.05, 0) is 141 Å². The molecule has 2 amide bonds. The van der Waals surface area contributed by atoms with E-state index < -0.39 is 24.2 Å². The molecule has 80 heavy (non-hydrogen) atoms. The van der Waals surface area contributed by atoms with Crippen LogP contribution >= 0.6 is 0 Å². The highest BCUT2D eigenvalue weighted by atomic mass is 16.6. The van der Waals surface area contributed by atoms with Crippen molar-refractivity contribution in [2.45, 2.75) is 243 Å². The van der Waals surface area contributed by atoms with Gasteiger partial charge >= 0.3 is 18.2 Å². The van der Waals surface area contributed by atoms with Crippen molar-refractivity contribution < 1.29 is 28.6 Å². The summed E-state index contributed by atoms with van der Waals surface area (Å²) in [5.74, 6) is -0.535. The summed E-state index contributed by atoms with van der Waals surface area (Å²) in [5.41, 5.74) is 9.28. The Morgan fingerprint density at radius 2 is 0.750 bits per heavy atom. The number of ether oxygens (including phenoxy) is 3. The van der Waals surface area contributed by atoms with Gasteiger partial charge in [-0.25, -0.2) is 14.4 Å². The molecule has 6 rings (SSSR count). The molecule has 4 aromatic rings. The number of carbonyl (C=O) groups excluding carboxylic acids is 3. The summed E-state index contributed by atoms with van der Waals surface area (Å²) in [6, 6.07) is 32.3. The smallest absolute Gasteiger partial charge is 0.407 e. The molecular weight excluding hydrogens is 989 g/mol. The van der Waals surface area contributed by atoms with Gasteiger partial charge in [-0.1, -0.05) is 244 Å². The second kappa shape index (κ2) is 38.9. The van der Waals surface area contributed by atoms with Crippen LogP contribution in [0.3, 0.4) is 0 Å². The van der Waals surface area contributed by atoms with Crippen LogP contribution in [0.15, 0.2) is 121 Å². The van der Waals surface area contributed by atoms with Crippen molar-refractivity contribution in [1.82, 2.24) is 10.6 Å². The summed E-state index contributed by atoms with van der Waals surface area (Å²) in [4.78, 5) is 41.2. The fraction of sp³-hybridized carbons (Fsp3) is 0.569. The predicted octanol–water partition coefficient (Wildman–Crippen LogP) is 20.0. The normalized spacial score (nSPS) is 13.5. The molecule has 0 aliphatic heterocycles. The number of nitrogens with one attached hydrogen (secondary N) is 2. The Bertz CT molecular complexity index is 2330. The first-order valence-electron chi connectivity index (χ1n) is 32.2. The molecule has 2 aliphatic carbocycles. The third-order valence-electron chi connectivity index (χ3n) is 16.6. The van der Waals surface area contributed by atoms with Gasteiger partial charge in [-0.15, -0.1) is 0 Å². The number of amides is 2. The summed E-state index contributed by atoms with van der Waals surface area (Å²) in [6.07, 6.45) is 45.0. The van der Waals surface area contributed by atoms with Crippen LogP contribution in [-0.2, 0) is 19.0 Å². The highest BCUT2D eigenvalue weighted by Gasteiger charge is 2.32. The van der Waals surface area contributed by atoms with Crippen LogP contribution < -0.4 is 10.6 Å². The van der Waals surface area contributed by atoms with Crippen LogP contribution in [0.5, 0.6) is 0 Å². The maximum atomic E-state index is 14.4. The first kappa shape index (κ1) is 63.6. The zero-order valence-corrected chi connectivity index (χ0v) is 49.6. The Hall–Kier alpha value is -5.63. The molecule has 0 radical (unpaired) electrons. The minimum atomic E-state index is -0.892. The maximum Gasteiger partial charge on any atom is 0.407 e. The number of rotatable bonds is 43. The van der Waals surface area contributed by atoms with E-state index in [1.54, 1.807) is 0 Å². The van der Waals surface area contributed by atoms with Gasteiger partial charge in [0, 0.05) is 18.4 Å². The Morgan fingerprint density at radius 3 is 1.15 bits per heavy atom. The molecule has 8 nitrogen and oxygen atoms in total. The summed E-state index contributed by atoms with van der Waals surface area (Å²) in [7, 11) is 0. The number of esters is 1. The van der Waals surface area contributed by atoms with Gasteiger partial charge in [-0.2, -0.15) is 0 Å². The van der Waals surface area contributed by atoms with Gasteiger partial charge in [-0.3, -0.25) is 0 Å². The first-order valence-corrected chi connectivity index (χ1v) is 32.2. The van der Waals surface area contributed by atoms with E-state index in [-0.39, 0.29) is 31.2 Å². The number of unbranched alkanes of at least 4 members (excludes halogenated alkanes) is 24. The molecule has 0 bridgehead atoms. The summed E-state index contributed by atoms with van der Waals surface area (Å²) in [5, 5.41) is 5.88. The molecule has 2 N–H and O–H groups in total. The summed E-state index contributed by atoms with van der Waals surface area (Å²) >= 11 is 0. The van der Waals surface area contributed by atoms with Crippen LogP contribution in [0.2, 0.25) is 0 Å². The number of carbonyl (C=O) groups is 3. The Morgan fingerprint density at radius 1 is 0.412 bits per heavy atom. The molecule has 2 atom stereocenters. The fourth-order valence-corrected chi connectivity index (χ4v) is 11.9. The molecule has 0 spiro atoms. The number of benzene rings is 4. The number of allylic oxidation sites excluding steroid dienone is 4. The lowest BCUT2D eigenvalue weighted by molar-refractivity contribution is -0.152. The van der Waals surface area contributed by atoms with Gasteiger partial charge < -0.3 is 24.8 Å². The lowest BCUT2D eigenvalue weighted by Gasteiger charge is -2.23. The number of alkyl carbamates (subject to hydrolysis) is 2. The van der Waals surface area contributed by atoms with E-state index in [2.05, 4.69) is 97.3 Å². The van der Waals surface area contributed by atoms with E-state index in [4.69, 9.17) is 14.2 Å². The molecule has 0 fully saturated rings. The maximum absolute atomic E-state index is 14.4. The topological polar surface area (TPSA) is 103 Å². The standard InChI is InChI=1S/C72H102N2O6/c1-3-5-7-9-11-13-15-17-19-21-23-25-27-29-31-33-45-58(44-32-30-28-26-24-22-20-18-16-14-12-10-8-6-4-2)80-70(75)69(74-72(77)79-57-68-65-52-40-36-48-61(65)62-49-37-41-53-66(62)68)54-42-43-55-73-71(76)78-56-67-63-50-38-34-46-59(63)60-47-35-39-51-64(60)67/h17-20,34-41,46-53,58,67-69H,3-16,21-33,42-45,54-57H2,1-2H3,(H,73,76)(H,74,77)/b19-17-,20-18-. The number of hydrogen-bond acceptors (Lipinski definition) is 6. The zero-order valence-electron chi connectivity index (χ0n) is 49.6. The second-order valence-electron chi connectivity index (χ2n) is 22.9. The van der Waals surface area contributed by atoms with Gasteiger partial charge in [0.25, 0.3) is 0 Å². The van der Waals surface area contributed by atoms with E-state index in [0.29, 0.717) is 25.8 Å². The first-order chi connectivity index (χ1) is 39.5. The number of fused-ring (bicyclic) bond motifs is 6. The van der Waals surface area contributed by atoms with Gasteiger partial charge in [0.2, 0.25) is 0 Å². The molecule has 4 aromatic carbocycles. The SMILES string of the molecule is CCCCCCCC/C=C\CCCCCCCCC(CCCCCCC/C=C\CCCCCCCC)OC(=O)C(CCCCNC(=O)OCC1c2ccccc2-c2ccccc21)NC(=O)OCC1c2ccccc2-c2ccccc21. The van der Waals surface area contributed by atoms with Crippen molar-refractivity contribution in [1.29, 1.82) is 0 Å². The average molecular weight is 1090 g/mol. The van der Waals surface area contributed by atoms with Crippen LogP contribution in [0.1, 0.15) is 253 Å². The molecule has 436 valence electrons. The van der Waals surface area contributed by atoms with Crippen LogP contribution in [0, 0.1) is 0 Å². The van der Waals surface area contributed by atoms with Gasteiger partial charge in [0.1, 0.15) is 25.4 Å². The Labute approximate surface area is 484 Å². The lowest BCUT2D eigenvalue weighted by Crippen LogP contribution is -2.43. The zero-order chi connectivity index (χ0) is 56.1. The van der Waals surface area contributed by atoms with Gasteiger partial charge in [0.15, 0.2) is 0 Å². The summed E-state index contributed by atoms with van der Waals surface area (Å²) in [6.45, 7) is 5.32. The molecule has 2 unspecified atom stereocenters. The van der Waals surface area contributed by atoms with Crippen molar-refractivity contribution in [3.8, 4) is 22.3 Å². The third kappa shape index (κ3) is 22.7. The highest BCUT2D eigenvalue weighted by Crippen LogP contribution is 2.46. The quantitative estimate of drug-likeness (QED) is 0.0198. The van der Waals surface area contributed by atoms with Crippen molar-refractivity contribution in [3.63, 3.8) is 0 Å². The molecule has 0 heterocycles. The van der Waals surface area contributed by atoms with Crippen molar-refractivity contribution >= 4 is 18.2 Å².